The monoisotopic (exact) mass is 352 g/mol. The number of unbranched alkanes of at least 4 members (excludes halogenated alkanes) is 1. The molecule has 26 heavy (non-hydrogen) atoms. The molecule has 0 aliphatic carbocycles. The number of aromatic nitrogens is 1. The second-order valence-electron chi connectivity index (χ2n) is 6.27. The van der Waals surface area contributed by atoms with Crippen molar-refractivity contribution in [2.45, 2.75) is 32.6 Å². The molecule has 0 fully saturated rings. The second kappa shape index (κ2) is 8.54. The molecular formula is C21H24N2O3. The van der Waals surface area contributed by atoms with Crippen molar-refractivity contribution in [1.29, 1.82) is 0 Å². The molecule has 136 valence electrons. The largest absolute Gasteiger partial charge is 0.444 e. The molecule has 0 bridgehead atoms. The Balaban J connectivity index is 1.74. The third-order valence-corrected chi connectivity index (χ3v) is 4.32. The van der Waals surface area contributed by atoms with E-state index in [4.69, 9.17) is 4.74 Å². The van der Waals surface area contributed by atoms with E-state index in [1.807, 2.05) is 67.6 Å². The number of H-pyrrole nitrogens is 1. The molecule has 2 N–H and O–H groups in total. The lowest BCUT2D eigenvalue weighted by Crippen LogP contribution is -2.36. The van der Waals surface area contributed by atoms with E-state index in [2.05, 4.69) is 4.98 Å². The summed E-state index contributed by atoms with van der Waals surface area (Å²) in [6.07, 6.45) is 0.116. The second-order valence-corrected chi connectivity index (χ2v) is 6.27. The van der Waals surface area contributed by atoms with E-state index in [0.29, 0.717) is 12.2 Å². The van der Waals surface area contributed by atoms with Crippen molar-refractivity contribution in [2.24, 2.45) is 0 Å². The van der Waals surface area contributed by atoms with E-state index >= 15 is 0 Å². The summed E-state index contributed by atoms with van der Waals surface area (Å²) in [7, 11) is 0. The van der Waals surface area contributed by atoms with Crippen molar-refractivity contribution < 1.29 is 14.6 Å². The predicted octanol–water partition coefficient (Wildman–Crippen LogP) is 4.60. The minimum absolute atomic E-state index is 0.182. The Morgan fingerprint density at radius 2 is 1.88 bits per heavy atom. The standard InChI is InChI=1S/C21H24N2O3/c1-2-3-13-23(21(25)26-15-16-9-5-4-6-10-16)20(24)19-14-17-11-7-8-12-18(17)22-19/h4-12,14,20,22,24H,2-3,13,15H2,1H3. The van der Waals surface area contributed by atoms with Crippen molar-refractivity contribution in [3.05, 3.63) is 71.9 Å². The molecule has 0 saturated carbocycles. The van der Waals surface area contributed by atoms with Gasteiger partial charge in [-0.3, -0.25) is 4.90 Å². The highest BCUT2D eigenvalue weighted by atomic mass is 16.6. The zero-order valence-electron chi connectivity index (χ0n) is 14.9. The van der Waals surface area contributed by atoms with Crippen LogP contribution in [0, 0.1) is 0 Å². The van der Waals surface area contributed by atoms with Crippen LogP contribution in [0.4, 0.5) is 4.79 Å². The number of rotatable bonds is 7. The summed E-state index contributed by atoms with van der Waals surface area (Å²) in [6, 6.07) is 19.2. The minimum atomic E-state index is -1.07. The molecule has 3 aromatic rings. The zero-order valence-corrected chi connectivity index (χ0v) is 14.9. The molecule has 0 spiro atoms. The Hall–Kier alpha value is -2.79. The van der Waals surface area contributed by atoms with Gasteiger partial charge in [0.1, 0.15) is 6.61 Å². The highest BCUT2D eigenvalue weighted by Crippen LogP contribution is 2.23. The number of hydrogen-bond donors (Lipinski definition) is 2. The summed E-state index contributed by atoms with van der Waals surface area (Å²) in [5, 5.41) is 11.8. The van der Waals surface area contributed by atoms with Gasteiger partial charge in [-0.1, -0.05) is 61.9 Å². The normalized spacial score (nSPS) is 12.1. The van der Waals surface area contributed by atoms with Gasteiger partial charge in [-0.15, -0.1) is 0 Å². The van der Waals surface area contributed by atoms with E-state index < -0.39 is 12.3 Å². The highest BCUT2D eigenvalue weighted by Gasteiger charge is 2.25. The van der Waals surface area contributed by atoms with Crippen molar-refractivity contribution in [3.63, 3.8) is 0 Å². The van der Waals surface area contributed by atoms with Crippen molar-refractivity contribution in [3.8, 4) is 0 Å². The van der Waals surface area contributed by atoms with Gasteiger partial charge in [0.15, 0.2) is 6.23 Å². The fourth-order valence-corrected chi connectivity index (χ4v) is 2.85. The molecule has 0 aliphatic heterocycles. The van der Waals surface area contributed by atoms with Gasteiger partial charge in [-0.05, 0) is 29.5 Å². The van der Waals surface area contributed by atoms with Crippen LogP contribution in [0.5, 0.6) is 0 Å². The predicted molar refractivity (Wildman–Crippen MR) is 101 cm³/mol. The third kappa shape index (κ3) is 4.24. The smallest absolute Gasteiger partial charge is 0.412 e. The van der Waals surface area contributed by atoms with Gasteiger partial charge in [0.25, 0.3) is 0 Å². The lowest BCUT2D eigenvalue weighted by atomic mass is 10.2. The highest BCUT2D eigenvalue weighted by molar-refractivity contribution is 5.80. The van der Waals surface area contributed by atoms with Crippen LogP contribution in [0.1, 0.15) is 37.3 Å². The fraction of sp³-hybridized carbons (Fsp3) is 0.286. The van der Waals surface area contributed by atoms with Crippen molar-refractivity contribution >= 4 is 17.0 Å². The number of amides is 1. The summed E-state index contributed by atoms with van der Waals surface area (Å²) in [5.74, 6) is 0. The molecule has 1 aromatic heterocycles. The van der Waals surface area contributed by atoms with Crippen LogP contribution in [0.3, 0.4) is 0 Å². The van der Waals surface area contributed by atoms with Crippen LogP contribution in [-0.4, -0.2) is 27.6 Å². The quantitative estimate of drug-likeness (QED) is 0.611. The number of ether oxygens (including phenoxy) is 1. The number of carbonyl (C=O) groups is 1. The number of nitrogens with zero attached hydrogens (tertiary/aromatic N) is 1. The Morgan fingerprint density at radius 1 is 1.15 bits per heavy atom. The third-order valence-electron chi connectivity index (χ3n) is 4.32. The van der Waals surface area contributed by atoms with Gasteiger partial charge in [-0.2, -0.15) is 0 Å². The molecule has 0 aliphatic rings. The molecule has 1 unspecified atom stereocenters. The number of aliphatic hydroxyl groups excluding tert-OH is 1. The minimum Gasteiger partial charge on any atom is -0.444 e. The molecule has 0 saturated heterocycles. The molecule has 0 radical (unpaired) electrons. The molecule has 5 nitrogen and oxygen atoms in total. The van der Waals surface area contributed by atoms with E-state index in [-0.39, 0.29) is 6.61 Å². The van der Waals surface area contributed by atoms with Gasteiger partial charge in [0.2, 0.25) is 0 Å². The van der Waals surface area contributed by atoms with Crippen molar-refractivity contribution in [1.82, 2.24) is 9.88 Å². The fourth-order valence-electron chi connectivity index (χ4n) is 2.85. The number of hydrogen-bond acceptors (Lipinski definition) is 3. The lowest BCUT2D eigenvalue weighted by Gasteiger charge is -2.26. The van der Waals surface area contributed by atoms with Gasteiger partial charge >= 0.3 is 6.09 Å². The number of fused-ring (bicyclic) bond motifs is 1. The van der Waals surface area contributed by atoms with Gasteiger partial charge in [0.05, 0.1) is 5.69 Å². The maximum atomic E-state index is 12.6. The topological polar surface area (TPSA) is 65.6 Å². The number of carbonyl (C=O) groups excluding carboxylic acids is 1. The summed E-state index contributed by atoms with van der Waals surface area (Å²) >= 11 is 0. The molecule has 3 rings (SSSR count). The Bertz CT molecular complexity index is 812. The first-order chi connectivity index (χ1) is 12.7. The molecule has 1 atom stereocenters. The average Bonchev–Trinajstić information content (AvgIpc) is 3.11. The Labute approximate surface area is 153 Å². The van der Waals surface area contributed by atoms with E-state index in [1.165, 1.54) is 4.90 Å². The van der Waals surface area contributed by atoms with Crippen LogP contribution < -0.4 is 0 Å². The summed E-state index contributed by atoms with van der Waals surface area (Å²) in [6.45, 7) is 2.66. The lowest BCUT2D eigenvalue weighted by molar-refractivity contribution is -0.00714. The Morgan fingerprint density at radius 3 is 2.62 bits per heavy atom. The first-order valence-corrected chi connectivity index (χ1v) is 8.92. The van der Waals surface area contributed by atoms with Crippen molar-refractivity contribution in [2.75, 3.05) is 6.54 Å². The van der Waals surface area contributed by atoms with Gasteiger partial charge in [-0.25, -0.2) is 4.79 Å². The summed E-state index contributed by atoms with van der Waals surface area (Å²) < 4.78 is 5.42. The summed E-state index contributed by atoms with van der Waals surface area (Å²) in [5.41, 5.74) is 2.42. The van der Waals surface area contributed by atoms with Gasteiger partial charge < -0.3 is 14.8 Å². The van der Waals surface area contributed by atoms with E-state index in [9.17, 15) is 9.90 Å². The molecule has 1 heterocycles. The van der Waals surface area contributed by atoms with E-state index in [0.717, 1.165) is 29.3 Å². The van der Waals surface area contributed by atoms with Crippen LogP contribution in [0.2, 0.25) is 0 Å². The molecule has 1 amide bonds. The van der Waals surface area contributed by atoms with Crippen LogP contribution in [-0.2, 0) is 11.3 Å². The molecule has 5 heteroatoms. The Kier molecular flexibility index (Phi) is 5.92. The number of nitrogens with one attached hydrogen (secondary N) is 1. The maximum absolute atomic E-state index is 12.6. The number of aromatic amines is 1. The van der Waals surface area contributed by atoms with Crippen LogP contribution >= 0.6 is 0 Å². The van der Waals surface area contributed by atoms with Crippen LogP contribution in [0.15, 0.2) is 60.7 Å². The number of benzene rings is 2. The first-order valence-electron chi connectivity index (χ1n) is 8.92. The molecular weight excluding hydrogens is 328 g/mol. The van der Waals surface area contributed by atoms with E-state index in [1.54, 1.807) is 0 Å². The summed E-state index contributed by atoms with van der Waals surface area (Å²) in [4.78, 5) is 17.1. The number of aliphatic hydroxyl groups is 1. The average molecular weight is 352 g/mol. The van der Waals surface area contributed by atoms with Gasteiger partial charge in [0, 0.05) is 12.1 Å². The first kappa shape index (κ1) is 18.0. The SMILES string of the molecule is CCCCN(C(=O)OCc1ccccc1)C(O)c1cc2ccccc2[nH]1. The molecule has 2 aromatic carbocycles. The number of para-hydroxylation sites is 1. The maximum Gasteiger partial charge on any atom is 0.412 e. The van der Waals surface area contributed by atoms with Crippen LogP contribution in [0.25, 0.3) is 10.9 Å². The zero-order chi connectivity index (χ0) is 18.4.